The first kappa shape index (κ1) is 33.2. The molecule has 0 atom stereocenters. The highest BCUT2D eigenvalue weighted by Gasteiger charge is 2.19. The minimum absolute atomic E-state index is 0.589. The largest absolute Gasteiger partial charge is 0.454 e. The molecule has 5 heteroatoms. The monoisotopic (exact) mass is 752 g/mol. The fraction of sp³-hybridized carbons (Fsp3) is 0. The van der Waals surface area contributed by atoms with Crippen LogP contribution in [0.5, 0.6) is 0 Å². The molecule has 59 heavy (non-hydrogen) atoms. The van der Waals surface area contributed by atoms with Crippen LogP contribution >= 0.6 is 0 Å². The van der Waals surface area contributed by atoms with Crippen molar-refractivity contribution in [3.63, 3.8) is 0 Å². The maximum Gasteiger partial charge on any atom is 0.164 e. The van der Waals surface area contributed by atoms with Gasteiger partial charge in [0.1, 0.15) is 11.1 Å². The molecule has 274 valence electrons. The lowest BCUT2D eigenvalue weighted by Crippen LogP contribution is -2.00. The van der Waals surface area contributed by atoms with E-state index < -0.39 is 0 Å². The van der Waals surface area contributed by atoms with Gasteiger partial charge in [0.25, 0.3) is 0 Å². The van der Waals surface area contributed by atoms with Gasteiger partial charge in [0.05, 0.1) is 5.69 Å². The topological polar surface area (TPSA) is 64.7 Å². The third kappa shape index (κ3) is 5.47. The SMILES string of the molecule is c1ccc(-c2nc(-c3cccc(-c4nc5c6ccccc6oc5c5ccccc45)c3)nc(-c3ccc4c(-c5cc6ccccc6c6ccccc56)cccc4c3)n2)cc1. The van der Waals surface area contributed by atoms with Gasteiger partial charge in [-0.1, -0.05) is 164 Å². The predicted octanol–water partition coefficient (Wildman–Crippen LogP) is 14.1. The Labute approximate surface area is 338 Å². The van der Waals surface area contributed by atoms with E-state index in [1.54, 1.807) is 0 Å². The van der Waals surface area contributed by atoms with Crippen molar-refractivity contribution in [1.29, 1.82) is 0 Å². The Hall–Kier alpha value is -8.02. The number of nitrogens with zero attached hydrogens (tertiary/aromatic N) is 4. The number of furan rings is 1. The Balaban J connectivity index is 1.01. The zero-order chi connectivity index (χ0) is 38.9. The van der Waals surface area contributed by atoms with Gasteiger partial charge in [0.2, 0.25) is 0 Å². The summed E-state index contributed by atoms with van der Waals surface area (Å²) in [6, 6.07) is 67.6. The Morgan fingerprint density at radius 2 is 0.881 bits per heavy atom. The van der Waals surface area contributed by atoms with Crippen LogP contribution in [-0.2, 0) is 0 Å². The maximum absolute atomic E-state index is 6.36. The molecule has 0 fully saturated rings. The summed E-state index contributed by atoms with van der Waals surface area (Å²) in [5.41, 5.74) is 9.43. The van der Waals surface area contributed by atoms with Crippen LogP contribution in [0.1, 0.15) is 0 Å². The summed E-state index contributed by atoms with van der Waals surface area (Å²) in [6.45, 7) is 0. The van der Waals surface area contributed by atoms with Crippen LogP contribution in [0.4, 0.5) is 0 Å². The molecule has 0 spiro atoms. The molecule has 0 N–H and O–H groups in total. The Bertz CT molecular complexity index is 3630. The molecule has 0 saturated heterocycles. The second-order valence-electron chi connectivity index (χ2n) is 15.0. The summed E-state index contributed by atoms with van der Waals surface area (Å²) in [5, 5.41) is 10.3. The molecule has 5 nitrogen and oxygen atoms in total. The summed E-state index contributed by atoms with van der Waals surface area (Å²) in [7, 11) is 0. The minimum atomic E-state index is 0.589. The van der Waals surface area contributed by atoms with E-state index in [1.165, 1.54) is 38.1 Å². The minimum Gasteiger partial charge on any atom is -0.454 e. The second-order valence-corrected chi connectivity index (χ2v) is 15.0. The normalized spacial score (nSPS) is 11.7. The number of para-hydroxylation sites is 1. The Morgan fingerprint density at radius 1 is 0.305 bits per heavy atom. The molecule has 12 aromatic rings. The lowest BCUT2D eigenvalue weighted by molar-refractivity contribution is 0.672. The molecule has 0 unspecified atom stereocenters. The van der Waals surface area contributed by atoms with Crippen LogP contribution in [0.3, 0.4) is 0 Å². The van der Waals surface area contributed by atoms with Crippen LogP contribution in [0.25, 0.3) is 122 Å². The zero-order valence-electron chi connectivity index (χ0n) is 31.7. The van der Waals surface area contributed by atoms with Gasteiger partial charge >= 0.3 is 0 Å². The Morgan fingerprint density at radius 3 is 1.71 bits per heavy atom. The molecule has 3 heterocycles. The molecular weight excluding hydrogens is 721 g/mol. The molecule has 0 amide bonds. The molecule has 0 saturated carbocycles. The number of aromatic nitrogens is 4. The highest BCUT2D eigenvalue weighted by atomic mass is 16.3. The van der Waals surface area contributed by atoms with Crippen LogP contribution in [-0.4, -0.2) is 19.9 Å². The molecule has 0 bridgehead atoms. The molecule has 0 aliphatic heterocycles. The third-order valence-electron chi connectivity index (χ3n) is 11.5. The van der Waals surface area contributed by atoms with Gasteiger partial charge in [0.15, 0.2) is 23.1 Å². The molecule has 12 rings (SSSR count). The second kappa shape index (κ2) is 13.3. The van der Waals surface area contributed by atoms with E-state index in [4.69, 9.17) is 24.4 Å². The van der Waals surface area contributed by atoms with Crippen molar-refractivity contribution < 1.29 is 4.42 Å². The van der Waals surface area contributed by atoms with E-state index in [0.717, 1.165) is 66.2 Å². The molecule has 0 radical (unpaired) electrons. The van der Waals surface area contributed by atoms with Crippen LogP contribution < -0.4 is 0 Å². The zero-order valence-corrected chi connectivity index (χ0v) is 31.7. The van der Waals surface area contributed by atoms with Crippen molar-refractivity contribution >= 4 is 65.2 Å². The van der Waals surface area contributed by atoms with Gasteiger partial charge in [-0.2, -0.15) is 0 Å². The van der Waals surface area contributed by atoms with Gasteiger partial charge in [-0.3, -0.25) is 0 Å². The fourth-order valence-electron chi connectivity index (χ4n) is 8.70. The van der Waals surface area contributed by atoms with Crippen molar-refractivity contribution in [3.05, 3.63) is 194 Å². The molecule has 3 aromatic heterocycles. The number of benzene rings is 9. The standard InChI is InChI=1S/C54H32N4O/c1-2-14-33(15-3-1)52-56-53(37-19-12-18-36(31-37)49-44-23-8-9-24-45(44)51-50(55-49)46-25-10-11-27-48(46)59-51)58-54(57-52)38-28-29-40-34(30-38)17-13-26-42(40)47-32-35-16-4-5-20-39(35)41-21-6-7-22-43(41)47/h1-32H. The van der Waals surface area contributed by atoms with Gasteiger partial charge in [-0.05, 0) is 73.8 Å². The smallest absolute Gasteiger partial charge is 0.164 e. The summed E-state index contributed by atoms with van der Waals surface area (Å²) in [6.07, 6.45) is 0. The van der Waals surface area contributed by atoms with E-state index in [0.29, 0.717) is 17.5 Å². The van der Waals surface area contributed by atoms with Crippen molar-refractivity contribution in [2.45, 2.75) is 0 Å². The number of hydrogen-bond acceptors (Lipinski definition) is 5. The van der Waals surface area contributed by atoms with E-state index in [2.05, 4.69) is 133 Å². The summed E-state index contributed by atoms with van der Waals surface area (Å²) >= 11 is 0. The number of hydrogen-bond donors (Lipinski definition) is 0. The number of fused-ring (bicyclic) bond motifs is 9. The fourth-order valence-corrected chi connectivity index (χ4v) is 8.70. The molecular formula is C54H32N4O. The average molecular weight is 753 g/mol. The lowest BCUT2D eigenvalue weighted by Gasteiger charge is -2.14. The van der Waals surface area contributed by atoms with E-state index >= 15 is 0 Å². The van der Waals surface area contributed by atoms with Gasteiger partial charge in [-0.25, -0.2) is 19.9 Å². The molecule has 0 aliphatic carbocycles. The first-order valence-corrected chi connectivity index (χ1v) is 19.8. The maximum atomic E-state index is 6.36. The highest BCUT2D eigenvalue weighted by Crippen LogP contribution is 2.40. The summed E-state index contributed by atoms with van der Waals surface area (Å²) in [4.78, 5) is 20.6. The van der Waals surface area contributed by atoms with Crippen LogP contribution in [0.15, 0.2) is 199 Å². The third-order valence-corrected chi connectivity index (χ3v) is 11.5. The quantitative estimate of drug-likeness (QED) is 0.164. The van der Waals surface area contributed by atoms with Crippen LogP contribution in [0.2, 0.25) is 0 Å². The van der Waals surface area contributed by atoms with Gasteiger partial charge in [-0.15, -0.1) is 0 Å². The number of pyridine rings is 1. The van der Waals surface area contributed by atoms with Gasteiger partial charge in [0, 0.05) is 38.4 Å². The van der Waals surface area contributed by atoms with E-state index in [9.17, 15) is 0 Å². The highest BCUT2D eigenvalue weighted by molar-refractivity contribution is 6.17. The van der Waals surface area contributed by atoms with Gasteiger partial charge < -0.3 is 4.42 Å². The van der Waals surface area contributed by atoms with Crippen LogP contribution in [0, 0.1) is 0 Å². The van der Waals surface area contributed by atoms with E-state index in [1.807, 2.05) is 60.7 Å². The first-order chi connectivity index (χ1) is 29.2. The van der Waals surface area contributed by atoms with Crippen molar-refractivity contribution in [2.75, 3.05) is 0 Å². The molecule has 0 aliphatic rings. The summed E-state index contributed by atoms with van der Waals surface area (Å²) < 4.78 is 6.36. The van der Waals surface area contributed by atoms with Crippen molar-refractivity contribution in [3.8, 4) is 56.5 Å². The summed E-state index contributed by atoms with van der Waals surface area (Å²) in [5.74, 6) is 1.81. The van der Waals surface area contributed by atoms with Crippen molar-refractivity contribution in [2.24, 2.45) is 0 Å². The predicted molar refractivity (Wildman–Crippen MR) is 242 cm³/mol. The molecule has 9 aromatic carbocycles. The lowest BCUT2D eigenvalue weighted by atomic mass is 9.90. The van der Waals surface area contributed by atoms with Crippen molar-refractivity contribution in [1.82, 2.24) is 19.9 Å². The van der Waals surface area contributed by atoms with E-state index in [-0.39, 0.29) is 0 Å². The number of rotatable bonds is 5. The average Bonchev–Trinajstić information content (AvgIpc) is 3.70. The Kier molecular flexibility index (Phi) is 7.47. The first-order valence-electron chi connectivity index (χ1n) is 19.8.